The van der Waals surface area contributed by atoms with E-state index in [1.807, 2.05) is 6.07 Å². The minimum absolute atomic E-state index is 0.497. The molecule has 0 saturated heterocycles. The predicted octanol–water partition coefficient (Wildman–Crippen LogP) is 17.8. The van der Waals surface area contributed by atoms with Crippen molar-refractivity contribution in [2.45, 2.75) is 5.41 Å². The van der Waals surface area contributed by atoms with E-state index in [9.17, 15) is 0 Å². The molecule has 0 bridgehead atoms. The Morgan fingerprint density at radius 3 is 1.72 bits per heavy atom. The van der Waals surface area contributed by atoms with Gasteiger partial charge in [0, 0.05) is 33.1 Å². The zero-order valence-corrected chi connectivity index (χ0v) is 36.8. The van der Waals surface area contributed by atoms with Crippen molar-refractivity contribution in [3.05, 3.63) is 259 Å². The minimum Gasteiger partial charge on any atom is -0.456 e. The number of hydrogen-bond donors (Lipinski definition) is 0. The summed E-state index contributed by atoms with van der Waals surface area (Å²) in [5.74, 6) is 0. The Morgan fingerprint density at radius 2 is 0.941 bits per heavy atom. The Labute approximate surface area is 392 Å². The van der Waals surface area contributed by atoms with Crippen LogP contribution in [0.15, 0.2) is 245 Å². The zero-order valence-electron chi connectivity index (χ0n) is 36.8. The minimum atomic E-state index is -0.497. The lowest BCUT2D eigenvalue weighted by Gasteiger charge is -2.32. The fourth-order valence-corrected chi connectivity index (χ4v) is 12.1. The maximum Gasteiger partial charge on any atom is 0.144 e. The second-order valence-corrected chi connectivity index (χ2v) is 18.3. The van der Waals surface area contributed by atoms with Crippen molar-refractivity contribution >= 4 is 71.7 Å². The molecule has 3 nitrogen and oxygen atoms in total. The summed E-state index contributed by atoms with van der Waals surface area (Å²) < 4.78 is 14.0. The number of anilines is 3. The van der Waals surface area contributed by atoms with Crippen molar-refractivity contribution in [1.82, 2.24) is 0 Å². The quantitative estimate of drug-likeness (QED) is 0.173. The highest BCUT2D eigenvalue weighted by Gasteiger charge is 2.51. The number of furan rings is 2. The maximum atomic E-state index is 7.23. The van der Waals surface area contributed by atoms with E-state index in [1.165, 1.54) is 55.3 Å². The molecule has 2 aliphatic carbocycles. The van der Waals surface area contributed by atoms with Crippen LogP contribution >= 0.6 is 0 Å². The van der Waals surface area contributed by atoms with E-state index in [2.05, 4.69) is 235 Å². The number of rotatable bonds is 5. The van der Waals surface area contributed by atoms with E-state index in [4.69, 9.17) is 8.83 Å². The van der Waals surface area contributed by atoms with Gasteiger partial charge in [-0.2, -0.15) is 0 Å². The van der Waals surface area contributed by atoms with E-state index in [-0.39, 0.29) is 0 Å². The molecule has 0 atom stereocenters. The smallest absolute Gasteiger partial charge is 0.144 e. The lowest BCUT2D eigenvalue weighted by atomic mass is 9.70. The molecule has 2 aromatic heterocycles. The Kier molecular flexibility index (Phi) is 7.71. The van der Waals surface area contributed by atoms with Gasteiger partial charge in [-0.25, -0.2) is 0 Å². The highest BCUT2D eigenvalue weighted by Crippen LogP contribution is 2.63. The first-order valence-corrected chi connectivity index (χ1v) is 23.4. The summed E-state index contributed by atoms with van der Waals surface area (Å²) >= 11 is 0. The van der Waals surface area contributed by atoms with Gasteiger partial charge in [0.05, 0.1) is 16.5 Å². The topological polar surface area (TPSA) is 29.5 Å². The van der Waals surface area contributed by atoms with Gasteiger partial charge in [0.25, 0.3) is 0 Å². The molecular weight excluding hydrogens is 827 g/mol. The number of para-hydroxylation sites is 1. The fourth-order valence-electron chi connectivity index (χ4n) is 12.1. The van der Waals surface area contributed by atoms with Crippen molar-refractivity contribution < 1.29 is 8.83 Å². The molecule has 13 aromatic rings. The summed E-state index contributed by atoms with van der Waals surface area (Å²) in [5.41, 5.74) is 20.7. The van der Waals surface area contributed by atoms with Crippen molar-refractivity contribution in [2.75, 3.05) is 4.90 Å². The first-order valence-electron chi connectivity index (χ1n) is 23.4. The number of fused-ring (bicyclic) bond motifs is 17. The van der Waals surface area contributed by atoms with Gasteiger partial charge in [0.1, 0.15) is 22.3 Å². The van der Waals surface area contributed by atoms with Gasteiger partial charge in [-0.05, 0) is 127 Å². The average molecular weight is 866 g/mol. The van der Waals surface area contributed by atoms with E-state index < -0.39 is 5.41 Å². The number of nitrogens with zero attached hydrogens (tertiary/aromatic N) is 1. The summed E-state index contributed by atoms with van der Waals surface area (Å²) in [6, 6.07) is 86.2. The predicted molar refractivity (Wildman–Crippen MR) is 280 cm³/mol. The molecule has 1 spiro atoms. The van der Waals surface area contributed by atoms with Crippen LogP contribution in [0.2, 0.25) is 0 Å². The van der Waals surface area contributed by atoms with Crippen molar-refractivity contribution in [3.8, 4) is 44.5 Å². The largest absolute Gasteiger partial charge is 0.456 e. The average Bonchev–Trinajstić information content (AvgIpc) is 4.14. The standard InChI is InChI=1S/C65H39NO2/c1-2-16-40(17-3-1)43-20-14-21-45(37-43)66(46-34-35-50-49-24-8-12-28-55(49)65(56(50)38-46)53-26-10-6-22-47(53)48-23-7-11-27-54(48)65)57-29-15-31-59-62(57)52-39-60-63(51-25-9-13-30-58(51)67-60)61(64(52)68-59)44-33-32-41-18-4-5-19-42(41)36-44/h1-39H. The van der Waals surface area contributed by atoms with Gasteiger partial charge in [-0.3, -0.25) is 0 Å². The molecule has 0 N–H and O–H groups in total. The molecule has 11 aromatic carbocycles. The molecule has 15 rings (SSSR count). The van der Waals surface area contributed by atoms with Gasteiger partial charge in [0.2, 0.25) is 0 Å². The normalized spacial score (nSPS) is 13.1. The van der Waals surface area contributed by atoms with Crippen LogP contribution < -0.4 is 4.90 Å². The number of hydrogen-bond acceptors (Lipinski definition) is 3. The van der Waals surface area contributed by atoms with Crippen LogP contribution in [0.5, 0.6) is 0 Å². The molecule has 0 radical (unpaired) electrons. The molecule has 2 heterocycles. The van der Waals surface area contributed by atoms with E-state index in [0.717, 1.165) is 83.2 Å². The second kappa shape index (κ2) is 14.0. The molecule has 0 unspecified atom stereocenters. The first-order chi connectivity index (χ1) is 33.7. The third-order valence-electron chi connectivity index (χ3n) is 14.8. The highest BCUT2D eigenvalue weighted by atomic mass is 16.3. The second-order valence-electron chi connectivity index (χ2n) is 18.3. The molecule has 2 aliphatic rings. The van der Waals surface area contributed by atoms with Crippen molar-refractivity contribution in [1.29, 1.82) is 0 Å². The third-order valence-corrected chi connectivity index (χ3v) is 14.8. The Bertz CT molecular complexity index is 4170. The van der Waals surface area contributed by atoms with E-state index in [0.29, 0.717) is 0 Å². The van der Waals surface area contributed by atoms with Crippen LogP contribution in [0, 0.1) is 0 Å². The molecule has 68 heavy (non-hydrogen) atoms. The van der Waals surface area contributed by atoms with Crippen molar-refractivity contribution in [2.24, 2.45) is 0 Å². The molecule has 0 fully saturated rings. The Hall–Kier alpha value is -8.92. The van der Waals surface area contributed by atoms with Gasteiger partial charge < -0.3 is 13.7 Å². The summed E-state index contributed by atoms with van der Waals surface area (Å²) in [4.78, 5) is 2.45. The number of benzene rings is 11. The van der Waals surface area contributed by atoms with Gasteiger partial charge in [-0.1, -0.05) is 182 Å². The van der Waals surface area contributed by atoms with Gasteiger partial charge in [-0.15, -0.1) is 0 Å². The Morgan fingerprint density at radius 1 is 0.324 bits per heavy atom. The van der Waals surface area contributed by atoms with Crippen LogP contribution in [0.4, 0.5) is 17.1 Å². The zero-order chi connectivity index (χ0) is 44.5. The lowest BCUT2D eigenvalue weighted by molar-refractivity contribution is 0.664. The summed E-state index contributed by atoms with van der Waals surface area (Å²) in [6.45, 7) is 0. The van der Waals surface area contributed by atoms with Crippen LogP contribution in [-0.4, -0.2) is 0 Å². The Balaban J connectivity index is 1.04. The molecule has 316 valence electrons. The molecule has 0 saturated carbocycles. The van der Waals surface area contributed by atoms with Gasteiger partial charge >= 0.3 is 0 Å². The fraction of sp³-hybridized carbons (Fsp3) is 0.0154. The summed E-state index contributed by atoms with van der Waals surface area (Å²) in [7, 11) is 0. The van der Waals surface area contributed by atoms with E-state index in [1.54, 1.807) is 0 Å². The van der Waals surface area contributed by atoms with Crippen LogP contribution in [0.3, 0.4) is 0 Å². The molecule has 0 aliphatic heterocycles. The summed E-state index contributed by atoms with van der Waals surface area (Å²) in [6.07, 6.45) is 0. The molecule has 3 heteroatoms. The SMILES string of the molecule is c1ccc(-c2cccc(N(c3ccc4c(c3)C3(c5ccccc5-c5ccccc53)c3ccccc3-4)c3cccc4oc5c(-c6ccc7ccccc7c6)c6c(cc5c34)oc3ccccc36)c2)cc1. The van der Waals surface area contributed by atoms with Crippen LogP contribution in [0.1, 0.15) is 22.3 Å². The van der Waals surface area contributed by atoms with Crippen LogP contribution in [-0.2, 0) is 5.41 Å². The molecular formula is C65H39NO2. The summed E-state index contributed by atoms with van der Waals surface area (Å²) in [5, 5.41) is 6.51. The lowest BCUT2D eigenvalue weighted by Crippen LogP contribution is -2.26. The monoisotopic (exact) mass is 865 g/mol. The van der Waals surface area contributed by atoms with Gasteiger partial charge in [0.15, 0.2) is 0 Å². The first kappa shape index (κ1) is 37.3. The third kappa shape index (κ3) is 5.07. The van der Waals surface area contributed by atoms with E-state index >= 15 is 0 Å². The van der Waals surface area contributed by atoms with Crippen molar-refractivity contribution in [3.63, 3.8) is 0 Å². The maximum absolute atomic E-state index is 7.23. The molecule has 0 amide bonds. The van der Waals surface area contributed by atoms with Crippen LogP contribution in [0.25, 0.3) is 99.2 Å². The highest BCUT2D eigenvalue weighted by molar-refractivity contribution is 6.26.